The van der Waals surface area contributed by atoms with E-state index in [0.717, 1.165) is 0 Å². The van der Waals surface area contributed by atoms with Crippen molar-refractivity contribution < 1.29 is 4.79 Å². The first-order valence-corrected chi connectivity index (χ1v) is 2.58. The van der Waals surface area contributed by atoms with E-state index in [0.29, 0.717) is 0 Å². The summed E-state index contributed by atoms with van der Waals surface area (Å²) >= 11 is 0. The highest BCUT2D eigenvalue weighted by atomic mass is 16.2. The average Bonchev–Trinajstić information content (AvgIpc) is 1.82. The molecule has 0 aliphatic carbocycles. The number of hydrogen-bond donors (Lipinski definition) is 2. The zero-order valence-corrected chi connectivity index (χ0v) is 5.22. The lowest BCUT2D eigenvalue weighted by molar-refractivity contribution is -0.121. The minimum absolute atomic E-state index is 0.0281. The van der Waals surface area contributed by atoms with Crippen LogP contribution in [0.3, 0.4) is 0 Å². The Hall–Kier alpha value is -1.08. The first-order valence-electron chi connectivity index (χ1n) is 2.58. The molecule has 1 amide bonds. The molecule has 0 spiro atoms. The fraction of sp³-hybridized carbons (Fsp3) is 0.600. The van der Waals surface area contributed by atoms with Gasteiger partial charge in [0.15, 0.2) is 0 Å². The molecular weight excluding hydrogens is 118 g/mol. The molecular formula is C5H9N3O. The van der Waals surface area contributed by atoms with Crippen molar-refractivity contribution in [2.24, 2.45) is 5.73 Å². The number of amides is 1. The summed E-state index contributed by atoms with van der Waals surface area (Å²) in [5, 5.41) is 10.3. The van der Waals surface area contributed by atoms with Gasteiger partial charge in [-0.25, -0.2) is 0 Å². The first kappa shape index (κ1) is 7.92. The highest BCUT2D eigenvalue weighted by molar-refractivity contribution is 5.81. The topological polar surface area (TPSA) is 78.9 Å². The quantitative estimate of drug-likeness (QED) is 0.466. The molecule has 0 rings (SSSR count). The predicted molar refractivity (Wildman–Crippen MR) is 32.3 cm³/mol. The summed E-state index contributed by atoms with van der Waals surface area (Å²) in [5.41, 5.74) is 5.16. The fourth-order valence-corrected chi connectivity index (χ4v) is 0.288. The third-order valence-corrected chi connectivity index (χ3v) is 0.755. The molecule has 0 aliphatic rings. The standard InChI is InChI=1S/C5H9N3O/c1-4(7)5(9)8-3-2-6/h4H,3,7H2,1H3,(H,8,9). The Morgan fingerprint density at radius 1 is 2.00 bits per heavy atom. The van der Waals surface area contributed by atoms with Gasteiger partial charge in [0.2, 0.25) is 5.91 Å². The molecule has 0 saturated heterocycles. The average molecular weight is 127 g/mol. The van der Waals surface area contributed by atoms with Crippen LogP contribution in [0.4, 0.5) is 0 Å². The summed E-state index contributed by atoms with van der Waals surface area (Å²) in [7, 11) is 0. The van der Waals surface area contributed by atoms with Crippen molar-refractivity contribution in [3.8, 4) is 6.07 Å². The minimum Gasteiger partial charge on any atom is -0.342 e. The van der Waals surface area contributed by atoms with E-state index in [2.05, 4.69) is 5.32 Å². The van der Waals surface area contributed by atoms with Gasteiger partial charge >= 0.3 is 0 Å². The zero-order chi connectivity index (χ0) is 7.28. The lowest BCUT2D eigenvalue weighted by Gasteiger charge is -2.01. The van der Waals surface area contributed by atoms with Crippen LogP contribution in [0, 0.1) is 11.3 Å². The third kappa shape index (κ3) is 3.50. The van der Waals surface area contributed by atoms with Gasteiger partial charge in [0, 0.05) is 0 Å². The smallest absolute Gasteiger partial charge is 0.237 e. The molecule has 0 aliphatic heterocycles. The summed E-state index contributed by atoms with van der Waals surface area (Å²) in [6.45, 7) is 1.59. The number of nitriles is 1. The molecule has 0 aromatic heterocycles. The Morgan fingerprint density at radius 3 is 2.89 bits per heavy atom. The van der Waals surface area contributed by atoms with E-state index in [1.54, 1.807) is 13.0 Å². The van der Waals surface area contributed by atoms with Crippen molar-refractivity contribution in [2.45, 2.75) is 13.0 Å². The highest BCUT2D eigenvalue weighted by Gasteiger charge is 2.03. The van der Waals surface area contributed by atoms with Crippen LogP contribution in [0.15, 0.2) is 0 Å². The first-order chi connectivity index (χ1) is 4.18. The van der Waals surface area contributed by atoms with Gasteiger partial charge in [-0.1, -0.05) is 0 Å². The van der Waals surface area contributed by atoms with Crippen molar-refractivity contribution in [2.75, 3.05) is 6.54 Å². The van der Waals surface area contributed by atoms with E-state index in [-0.39, 0.29) is 12.5 Å². The molecule has 4 nitrogen and oxygen atoms in total. The van der Waals surface area contributed by atoms with E-state index in [1.807, 2.05) is 0 Å². The molecule has 0 bridgehead atoms. The van der Waals surface area contributed by atoms with E-state index in [9.17, 15) is 4.79 Å². The maximum atomic E-state index is 10.5. The van der Waals surface area contributed by atoms with Crippen molar-refractivity contribution >= 4 is 5.91 Å². The Kier molecular flexibility index (Phi) is 3.40. The SMILES string of the molecule is CC(N)C(=O)NCC#N. The maximum absolute atomic E-state index is 10.5. The zero-order valence-electron chi connectivity index (χ0n) is 5.22. The number of hydrogen-bond acceptors (Lipinski definition) is 3. The molecule has 1 atom stereocenters. The summed E-state index contributed by atoms with van der Waals surface area (Å²) in [6, 6.07) is 1.24. The van der Waals surface area contributed by atoms with Gasteiger partial charge in [-0.2, -0.15) is 5.26 Å². The maximum Gasteiger partial charge on any atom is 0.237 e. The van der Waals surface area contributed by atoms with Gasteiger partial charge in [0.05, 0.1) is 12.1 Å². The van der Waals surface area contributed by atoms with Crippen molar-refractivity contribution in [1.82, 2.24) is 5.32 Å². The monoisotopic (exact) mass is 127 g/mol. The minimum atomic E-state index is -0.529. The summed E-state index contributed by atoms with van der Waals surface area (Å²) in [5.74, 6) is -0.295. The molecule has 50 valence electrons. The van der Waals surface area contributed by atoms with Crippen LogP contribution in [0.5, 0.6) is 0 Å². The third-order valence-electron chi connectivity index (χ3n) is 0.755. The molecule has 0 fully saturated rings. The van der Waals surface area contributed by atoms with Crippen molar-refractivity contribution in [3.05, 3.63) is 0 Å². The fourth-order valence-electron chi connectivity index (χ4n) is 0.288. The second kappa shape index (κ2) is 3.87. The number of nitrogens with one attached hydrogen (secondary N) is 1. The summed E-state index contributed by atoms with van der Waals surface area (Å²) in [4.78, 5) is 10.5. The largest absolute Gasteiger partial charge is 0.342 e. The van der Waals surface area contributed by atoms with E-state index in [4.69, 9.17) is 11.0 Å². The number of carbonyl (C=O) groups excluding carboxylic acids is 1. The molecule has 0 heterocycles. The summed E-state index contributed by atoms with van der Waals surface area (Å²) in [6.07, 6.45) is 0. The molecule has 9 heavy (non-hydrogen) atoms. The van der Waals surface area contributed by atoms with Crippen LogP contribution in [-0.2, 0) is 4.79 Å². The highest BCUT2D eigenvalue weighted by Crippen LogP contribution is 1.71. The Morgan fingerprint density at radius 2 is 2.56 bits per heavy atom. The van der Waals surface area contributed by atoms with Gasteiger partial charge in [-0.3, -0.25) is 4.79 Å². The van der Waals surface area contributed by atoms with Gasteiger partial charge in [-0.05, 0) is 6.92 Å². The molecule has 0 aromatic carbocycles. The predicted octanol–water partition coefficient (Wildman–Crippen LogP) is -1.03. The van der Waals surface area contributed by atoms with E-state index < -0.39 is 6.04 Å². The van der Waals surface area contributed by atoms with Gasteiger partial charge < -0.3 is 11.1 Å². The normalized spacial score (nSPS) is 11.7. The second-order valence-corrected chi connectivity index (χ2v) is 1.66. The number of carbonyl (C=O) groups is 1. The molecule has 3 N–H and O–H groups in total. The number of nitrogens with zero attached hydrogens (tertiary/aromatic N) is 1. The van der Waals surface area contributed by atoms with Crippen LogP contribution >= 0.6 is 0 Å². The molecule has 0 aromatic rings. The Labute approximate surface area is 53.6 Å². The van der Waals surface area contributed by atoms with Gasteiger partial charge in [-0.15, -0.1) is 0 Å². The second-order valence-electron chi connectivity index (χ2n) is 1.66. The van der Waals surface area contributed by atoms with Crippen LogP contribution in [0.25, 0.3) is 0 Å². The van der Waals surface area contributed by atoms with Crippen LogP contribution < -0.4 is 11.1 Å². The Bertz CT molecular complexity index is 136. The van der Waals surface area contributed by atoms with Gasteiger partial charge in [0.1, 0.15) is 6.54 Å². The molecule has 0 saturated carbocycles. The van der Waals surface area contributed by atoms with Crippen molar-refractivity contribution in [3.63, 3.8) is 0 Å². The van der Waals surface area contributed by atoms with Crippen LogP contribution in [-0.4, -0.2) is 18.5 Å². The Balaban J connectivity index is 3.42. The van der Waals surface area contributed by atoms with Crippen molar-refractivity contribution in [1.29, 1.82) is 5.26 Å². The van der Waals surface area contributed by atoms with Crippen LogP contribution in [0.2, 0.25) is 0 Å². The summed E-state index contributed by atoms with van der Waals surface area (Å²) < 4.78 is 0. The molecule has 4 heteroatoms. The van der Waals surface area contributed by atoms with E-state index >= 15 is 0 Å². The van der Waals surface area contributed by atoms with Gasteiger partial charge in [0.25, 0.3) is 0 Å². The molecule has 1 unspecified atom stereocenters. The van der Waals surface area contributed by atoms with E-state index in [1.165, 1.54) is 0 Å². The van der Waals surface area contributed by atoms with Crippen LogP contribution in [0.1, 0.15) is 6.92 Å². The lowest BCUT2D eigenvalue weighted by atomic mass is 10.3. The molecule has 0 radical (unpaired) electrons. The number of rotatable bonds is 2. The number of nitrogens with two attached hydrogens (primary N) is 1. The lowest BCUT2D eigenvalue weighted by Crippen LogP contribution is -2.38.